The number of sulfonamides is 1. The van der Waals surface area contributed by atoms with E-state index in [1.807, 2.05) is 4.72 Å². The molecule has 0 spiro atoms. The van der Waals surface area contributed by atoms with Crippen molar-refractivity contribution in [2.24, 2.45) is 0 Å². The van der Waals surface area contributed by atoms with Gasteiger partial charge in [0, 0.05) is 12.1 Å². The number of halogens is 6. The van der Waals surface area contributed by atoms with Crippen molar-refractivity contribution < 1.29 is 53.7 Å². The third kappa shape index (κ3) is 7.25. The van der Waals surface area contributed by atoms with Gasteiger partial charge < -0.3 is 18.9 Å². The molecule has 0 atom stereocenters. The van der Waals surface area contributed by atoms with Gasteiger partial charge in [0.2, 0.25) is 11.8 Å². The molecule has 0 aliphatic rings. The number of ether oxygens (including phenoxy) is 4. The van der Waals surface area contributed by atoms with Crippen molar-refractivity contribution in [3.63, 3.8) is 0 Å². The molecule has 1 aromatic heterocycles. The number of nitrogens with zero attached hydrogens (tertiary/aromatic N) is 1. The second-order valence-electron chi connectivity index (χ2n) is 5.93. The van der Waals surface area contributed by atoms with Gasteiger partial charge in [0.15, 0.2) is 13.2 Å². The number of alkyl halides is 6. The van der Waals surface area contributed by atoms with Crippen molar-refractivity contribution in [2.45, 2.75) is 17.2 Å². The Morgan fingerprint density at radius 2 is 1.53 bits per heavy atom. The lowest BCUT2D eigenvalue weighted by Gasteiger charge is -2.17. The Labute approximate surface area is 178 Å². The predicted molar refractivity (Wildman–Crippen MR) is 97.7 cm³/mol. The third-order valence-corrected chi connectivity index (χ3v) is 4.87. The number of aromatic nitrogens is 1. The maximum absolute atomic E-state index is 12.9. The fourth-order valence-corrected chi connectivity index (χ4v) is 3.42. The molecule has 178 valence electrons. The first-order valence-electron chi connectivity index (χ1n) is 8.39. The zero-order valence-corrected chi connectivity index (χ0v) is 17.2. The highest BCUT2D eigenvalue weighted by molar-refractivity contribution is 7.92. The van der Waals surface area contributed by atoms with Gasteiger partial charge in [0.05, 0.1) is 14.2 Å². The van der Waals surface area contributed by atoms with E-state index in [4.69, 9.17) is 9.47 Å². The molecule has 0 bridgehead atoms. The van der Waals surface area contributed by atoms with Crippen LogP contribution in [-0.2, 0) is 10.0 Å². The Morgan fingerprint density at radius 1 is 0.906 bits per heavy atom. The van der Waals surface area contributed by atoms with Crippen LogP contribution in [0.2, 0.25) is 0 Å². The van der Waals surface area contributed by atoms with Gasteiger partial charge in [-0.3, -0.25) is 4.72 Å². The Morgan fingerprint density at radius 3 is 2.09 bits per heavy atom. The second-order valence-corrected chi connectivity index (χ2v) is 7.58. The number of hydrogen-bond donors (Lipinski definition) is 1. The summed E-state index contributed by atoms with van der Waals surface area (Å²) < 4.78 is 121. The number of pyridine rings is 1. The van der Waals surface area contributed by atoms with Gasteiger partial charge in [-0.1, -0.05) is 0 Å². The average Bonchev–Trinajstić information content (AvgIpc) is 2.70. The van der Waals surface area contributed by atoms with E-state index >= 15 is 0 Å². The van der Waals surface area contributed by atoms with Gasteiger partial charge in [-0.15, -0.1) is 0 Å². The number of methoxy groups -OCH3 is 2. The molecular formula is C17H16F6N2O6S. The monoisotopic (exact) mass is 490 g/mol. The summed E-state index contributed by atoms with van der Waals surface area (Å²) >= 11 is 0. The van der Waals surface area contributed by atoms with E-state index < -0.39 is 52.0 Å². The molecule has 0 saturated heterocycles. The lowest BCUT2D eigenvalue weighted by Crippen LogP contribution is -2.22. The van der Waals surface area contributed by atoms with E-state index in [9.17, 15) is 34.8 Å². The largest absolute Gasteiger partial charge is 0.484 e. The summed E-state index contributed by atoms with van der Waals surface area (Å²) in [6, 6.07) is 4.65. The van der Waals surface area contributed by atoms with Gasteiger partial charge in [-0.25, -0.2) is 8.42 Å². The Balaban J connectivity index is 2.45. The van der Waals surface area contributed by atoms with Crippen LogP contribution in [0.25, 0.3) is 0 Å². The first-order chi connectivity index (χ1) is 14.7. The quantitative estimate of drug-likeness (QED) is 0.535. The average molecular weight is 490 g/mol. The van der Waals surface area contributed by atoms with Crippen LogP contribution < -0.4 is 23.7 Å². The summed E-state index contributed by atoms with van der Waals surface area (Å²) in [5.41, 5.74) is -0.225. The molecule has 1 N–H and O–H groups in total. The molecule has 0 aliphatic heterocycles. The van der Waals surface area contributed by atoms with Crippen LogP contribution in [-0.4, -0.2) is 53.2 Å². The molecule has 0 saturated carbocycles. The number of hydrogen-bond acceptors (Lipinski definition) is 7. The number of benzene rings is 1. The Hall–Kier alpha value is -3.10. The fourth-order valence-electron chi connectivity index (χ4n) is 2.20. The molecule has 0 aliphatic carbocycles. The van der Waals surface area contributed by atoms with Crippen molar-refractivity contribution in [3.05, 3.63) is 30.3 Å². The molecule has 0 amide bonds. The van der Waals surface area contributed by atoms with Crippen LogP contribution in [0.1, 0.15) is 0 Å². The summed E-state index contributed by atoms with van der Waals surface area (Å²) in [6.45, 7) is -3.59. The predicted octanol–water partition coefficient (Wildman–Crippen LogP) is 3.78. The van der Waals surface area contributed by atoms with Gasteiger partial charge in [0.25, 0.3) is 10.0 Å². The molecule has 0 fully saturated rings. The topological polar surface area (TPSA) is 96.0 Å². The minimum absolute atomic E-state index is 0.0709. The minimum Gasteiger partial charge on any atom is -0.484 e. The Kier molecular flexibility index (Phi) is 7.54. The molecule has 2 aromatic rings. The molecular weight excluding hydrogens is 474 g/mol. The van der Waals surface area contributed by atoms with Gasteiger partial charge in [-0.2, -0.15) is 31.3 Å². The molecule has 15 heteroatoms. The van der Waals surface area contributed by atoms with Crippen LogP contribution in [0, 0.1) is 0 Å². The van der Waals surface area contributed by atoms with Crippen molar-refractivity contribution in [1.82, 2.24) is 4.98 Å². The summed E-state index contributed by atoms with van der Waals surface area (Å²) in [5.74, 6) is -1.51. The van der Waals surface area contributed by atoms with E-state index in [1.165, 1.54) is 26.4 Å². The van der Waals surface area contributed by atoms with E-state index in [-0.39, 0.29) is 17.4 Å². The summed E-state index contributed by atoms with van der Waals surface area (Å²) in [5, 5.41) is 0. The van der Waals surface area contributed by atoms with Crippen LogP contribution in [0.4, 0.5) is 32.0 Å². The Bertz CT molecular complexity index is 1040. The zero-order chi connectivity index (χ0) is 24.2. The van der Waals surface area contributed by atoms with Crippen molar-refractivity contribution in [3.8, 4) is 23.3 Å². The van der Waals surface area contributed by atoms with Gasteiger partial charge >= 0.3 is 12.4 Å². The first-order valence-corrected chi connectivity index (χ1v) is 9.87. The van der Waals surface area contributed by atoms with E-state index in [1.54, 1.807) is 0 Å². The lowest BCUT2D eigenvalue weighted by molar-refractivity contribution is -0.154. The van der Waals surface area contributed by atoms with Gasteiger partial charge in [0.1, 0.15) is 22.1 Å². The highest BCUT2D eigenvalue weighted by Crippen LogP contribution is 2.34. The molecule has 8 nitrogen and oxygen atoms in total. The first kappa shape index (κ1) is 25.2. The van der Waals surface area contributed by atoms with Crippen molar-refractivity contribution in [1.29, 1.82) is 0 Å². The lowest BCUT2D eigenvalue weighted by atomic mass is 10.3. The summed E-state index contributed by atoms with van der Waals surface area (Å²) in [7, 11) is -2.24. The molecule has 32 heavy (non-hydrogen) atoms. The standard InChI is InChI=1S/C17H16F6N2O6S/c1-28-14-6-4-11(15(24-14)29-2)25-32(26,27)13-7-10(30-8-16(18,19)20)3-5-12(13)31-9-17(21,22)23/h3-7,25H,8-9H2,1-2H3. The fraction of sp³-hybridized carbons (Fsp3) is 0.353. The molecule has 0 unspecified atom stereocenters. The van der Waals surface area contributed by atoms with E-state index in [0.29, 0.717) is 6.07 Å². The maximum Gasteiger partial charge on any atom is 0.422 e. The van der Waals surface area contributed by atoms with E-state index in [0.717, 1.165) is 12.1 Å². The van der Waals surface area contributed by atoms with E-state index in [2.05, 4.69) is 14.5 Å². The van der Waals surface area contributed by atoms with Crippen molar-refractivity contribution >= 4 is 15.7 Å². The number of rotatable bonds is 9. The SMILES string of the molecule is COc1ccc(NS(=O)(=O)c2cc(OCC(F)(F)F)ccc2OCC(F)(F)F)c(OC)n1. The minimum atomic E-state index is -4.80. The molecule has 1 heterocycles. The number of nitrogens with one attached hydrogen (secondary N) is 1. The van der Waals surface area contributed by atoms with Crippen LogP contribution in [0.5, 0.6) is 23.3 Å². The normalized spacial score (nSPS) is 12.2. The van der Waals surface area contributed by atoms with Crippen LogP contribution in [0.3, 0.4) is 0 Å². The summed E-state index contributed by atoms with van der Waals surface area (Å²) in [4.78, 5) is 2.95. The molecule has 1 aromatic carbocycles. The second kappa shape index (κ2) is 9.58. The highest BCUT2D eigenvalue weighted by atomic mass is 32.2. The van der Waals surface area contributed by atoms with Crippen molar-refractivity contribution in [2.75, 3.05) is 32.2 Å². The van der Waals surface area contributed by atoms with Crippen LogP contribution >= 0.6 is 0 Å². The smallest absolute Gasteiger partial charge is 0.422 e. The molecule has 0 radical (unpaired) electrons. The maximum atomic E-state index is 12.9. The highest BCUT2D eigenvalue weighted by Gasteiger charge is 2.32. The van der Waals surface area contributed by atoms with Gasteiger partial charge in [-0.05, 0) is 18.2 Å². The van der Waals surface area contributed by atoms with Crippen LogP contribution in [0.15, 0.2) is 35.2 Å². The zero-order valence-electron chi connectivity index (χ0n) is 16.4. The third-order valence-electron chi connectivity index (χ3n) is 3.48. The molecule has 2 rings (SSSR count). The summed E-state index contributed by atoms with van der Waals surface area (Å²) in [6.07, 6.45) is -9.53. The number of anilines is 1.